The maximum absolute atomic E-state index is 11.2. The van der Waals surface area contributed by atoms with Crippen LogP contribution in [0, 0.1) is 6.92 Å². The minimum Gasteiger partial charge on any atom is -0.491 e. The predicted octanol–water partition coefficient (Wildman–Crippen LogP) is 4.08. The molecule has 7 heteroatoms. The number of aromatic nitrogens is 1. The fourth-order valence-corrected chi connectivity index (χ4v) is 2.99. The summed E-state index contributed by atoms with van der Waals surface area (Å²) in [5.41, 5.74) is 2.69. The van der Waals surface area contributed by atoms with Gasteiger partial charge in [-0.25, -0.2) is 9.78 Å². The largest absolute Gasteiger partial charge is 0.491 e. The van der Waals surface area contributed by atoms with Gasteiger partial charge in [0.05, 0.1) is 22.8 Å². The number of ether oxygens (including phenoxy) is 1. The Morgan fingerprint density at radius 1 is 1.45 bits per heavy atom. The van der Waals surface area contributed by atoms with Crippen LogP contribution in [0.1, 0.15) is 20.9 Å². The minimum absolute atomic E-state index is 0.0384. The van der Waals surface area contributed by atoms with Crippen LogP contribution < -0.4 is 4.74 Å². The SMILES string of the molecule is Cc1ncsc1CCOc1c(Cl)cc(Cl)cc1C(=O)O. The molecule has 0 amide bonds. The fraction of sp³-hybridized carbons (Fsp3) is 0.231. The van der Waals surface area contributed by atoms with E-state index in [0.717, 1.165) is 10.6 Å². The molecule has 1 aromatic carbocycles. The zero-order chi connectivity index (χ0) is 14.7. The van der Waals surface area contributed by atoms with Crippen LogP contribution >= 0.6 is 34.5 Å². The Morgan fingerprint density at radius 3 is 2.80 bits per heavy atom. The van der Waals surface area contributed by atoms with Crippen molar-refractivity contribution in [1.29, 1.82) is 0 Å². The van der Waals surface area contributed by atoms with E-state index in [2.05, 4.69) is 4.98 Å². The van der Waals surface area contributed by atoms with Gasteiger partial charge in [0.15, 0.2) is 5.75 Å². The van der Waals surface area contributed by atoms with Gasteiger partial charge < -0.3 is 9.84 Å². The third-order valence-corrected chi connectivity index (χ3v) is 4.15. The van der Waals surface area contributed by atoms with E-state index in [-0.39, 0.29) is 21.4 Å². The first-order chi connectivity index (χ1) is 9.49. The van der Waals surface area contributed by atoms with Gasteiger partial charge in [-0.15, -0.1) is 11.3 Å². The van der Waals surface area contributed by atoms with Crippen LogP contribution in [0.15, 0.2) is 17.6 Å². The molecule has 20 heavy (non-hydrogen) atoms. The Hall–Kier alpha value is -1.30. The highest BCUT2D eigenvalue weighted by molar-refractivity contribution is 7.09. The van der Waals surface area contributed by atoms with E-state index in [1.807, 2.05) is 6.92 Å². The number of carboxylic acid groups (broad SMARTS) is 1. The maximum Gasteiger partial charge on any atom is 0.339 e. The molecule has 0 unspecified atom stereocenters. The first-order valence-electron chi connectivity index (χ1n) is 5.73. The molecule has 0 fully saturated rings. The number of aryl methyl sites for hydroxylation is 1. The molecule has 0 saturated heterocycles. The Labute approximate surface area is 129 Å². The van der Waals surface area contributed by atoms with Gasteiger partial charge in [-0.3, -0.25) is 0 Å². The van der Waals surface area contributed by atoms with Crippen LogP contribution in [0.25, 0.3) is 0 Å². The Bertz CT molecular complexity index is 643. The summed E-state index contributed by atoms with van der Waals surface area (Å²) in [6.45, 7) is 2.24. The molecule has 0 aliphatic carbocycles. The van der Waals surface area contributed by atoms with Gasteiger partial charge in [0.2, 0.25) is 0 Å². The van der Waals surface area contributed by atoms with Crippen molar-refractivity contribution in [3.8, 4) is 5.75 Å². The number of hydrogen-bond donors (Lipinski definition) is 1. The van der Waals surface area contributed by atoms with Gasteiger partial charge in [-0.1, -0.05) is 23.2 Å². The second-order valence-electron chi connectivity index (χ2n) is 4.03. The predicted molar refractivity (Wildman–Crippen MR) is 79.5 cm³/mol. The van der Waals surface area contributed by atoms with Gasteiger partial charge in [0, 0.05) is 16.3 Å². The van der Waals surface area contributed by atoms with Crippen LogP contribution in [0.5, 0.6) is 5.75 Å². The van der Waals surface area contributed by atoms with Gasteiger partial charge in [-0.05, 0) is 19.1 Å². The van der Waals surface area contributed by atoms with Gasteiger partial charge in [-0.2, -0.15) is 0 Å². The molecule has 0 aliphatic rings. The van der Waals surface area contributed by atoms with Gasteiger partial charge >= 0.3 is 5.97 Å². The highest BCUT2D eigenvalue weighted by Crippen LogP contribution is 2.32. The number of benzene rings is 1. The molecular weight excluding hydrogens is 321 g/mol. The number of hydrogen-bond acceptors (Lipinski definition) is 4. The molecule has 106 valence electrons. The number of aromatic carboxylic acids is 1. The molecule has 0 spiro atoms. The van der Waals surface area contributed by atoms with Crippen molar-refractivity contribution in [2.24, 2.45) is 0 Å². The normalized spacial score (nSPS) is 10.6. The molecule has 0 radical (unpaired) electrons. The van der Waals surface area contributed by atoms with Crippen LogP contribution in [0.4, 0.5) is 0 Å². The van der Waals surface area contributed by atoms with Crippen LogP contribution in [-0.4, -0.2) is 22.7 Å². The minimum atomic E-state index is -1.13. The van der Waals surface area contributed by atoms with Crippen molar-refractivity contribution >= 4 is 40.5 Å². The topological polar surface area (TPSA) is 59.4 Å². The van der Waals surface area contributed by atoms with E-state index in [9.17, 15) is 4.79 Å². The van der Waals surface area contributed by atoms with Crippen molar-refractivity contribution in [2.45, 2.75) is 13.3 Å². The third kappa shape index (κ3) is 3.42. The molecule has 1 aromatic heterocycles. The van der Waals surface area contributed by atoms with E-state index in [1.54, 1.807) is 16.8 Å². The standard InChI is InChI=1S/C13H11Cl2NO3S/c1-7-11(20-6-16-7)2-3-19-12-9(13(17)18)4-8(14)5-10(12)15/h4-6H,2-3H2,1H3,(H,17,18). The van der Waals surface area contributed by atoms with Gasteiger partial charge in [0.25, 0.3) is 0 Å². The molecule has 1 N–H and O–H groups in total. The van der Waals surface area contributed by atoms with Crippen LogP contribution in [0.2, 0.25) is 10.0 Å². The lowest BCUT2D eigenvalue weighted by Gasteiger charge is -2.11. The number of carboxylic acids is 1. The molecule has 0 atom stereocenters. The average Bonchev–Trinajstić information content (AvgIpc) is 2.77. The maximum atomic E-state index is 11.2. The lowest BCUT2D eigenvalue weighted by Crippen LogP contribution is -2.07. The first-order valence-corrected chi connectivity index (χ1v) is 7.36. The second-order valence-corrected chi connectivity index (χ2v) is 5.81. The molecule has 1 heterocycles. The lowest BCUT2D eigenvalue weighted by atomic mass is 10.2. The van der Waals surface area contributed by atoms with Crippen LogP contribution in [-0.2, 0) is 6.42 Å². The summed E-state index contributed by atoms with van der Waals surface area (Å²) < 4.78 is 5.52. The van der Waals surface area contributed by atoms with E-state index in [0.29, 0.717) is 13.0 Å². The summed E-state index contributed by atoms with van der Waals surface area (Å²) >= 11 is 13.3. The zero-order valence-corrected chi connectivity index (χ0v) is 12.8. The lowest BCUT2D eigenvalue weighted by molar-refractivity contribution is 0.0692. The van der Waals surface area contributed by atoms with Crippen molar-refractivity contribution in [3.05, 3.63) is 43.8 Å². The van der Waals surface area contributed by atoms with Crippen molar-refractivity contribution < 1.29 is 14.6 Å². The highest BCUT2D eigenvalue weighted by Gasteiger charge is 2.16. The summed E-state index contributed by atoms with van der Waals surface area (Å²) in [6.07, 6.45) is 0.647. The molecule has 4 nitrogen and oxygen atoms in total. The monoisotopic (exact) mass is 331 g/mol. The highest BCUT2D eigenvalue weighted by atomic mass is 35.5. The third-order valence-electron chi connectivity index (χ3n) is 2.66. The number of carbonyl (C=O) groups is 1. The molecule has 2 aromatic rings. The molecule has 0 saturated carbocycles. The molecule has 2 rings (SSSR count). The number of halogens is 2. The number of thiazole rings is 1. The Balaban J connectivity index is 2.13. The molecule has 0 aliphatic heterocycles. The fourth-order valence-electron chi connectivity index (χ4n) is 1.68. The summed E-state index contributed by atoms with van der Waals surface area (Å²) in [4.78, 5) is 16.4. The summed E-state index contributed by atoms with van der Waals surface area (Å²) in [7, 11) is 0. The Morgan fingerprint density at radius 2 is 2.20 bits per heavy atom. The molecular formula is C13H11Cl2NO3S. The van der Waals surface area contributed by atoms with Crippen molar-refractivity contribution in [1.82, 2.24) is 4.98 Å². The van der Waals surface area contributed by atoms with E-state index < -0.39 is 5.97 Å². The van der Waals surface area contributed by atoms with Crippen molar-refractivity contribution in [3.63, 3.8) is 0 Å². The summed E-state index contributed by atoms with van der Waals surface area (Å²) in [5.74, 6) is -0.982. The smallest absolute Gasteiger partial charge is 0.339 e. The van der Waals surface area contributed by atoms with E-state index in [1.165, 1.54) is 12.1 Å². The summed E-state index contributed by atoms with van der Waals surface area (Å²) in [5, 5.41) is 9.59. The number of nitrogens with zero attached hydrogens (tertiary/aromatic N) is 1. The van der Waals surface area contributed by atoms with Crippen LogP contribution in [0.3, 0.4) is 0 Å². The summed E-state index contributed by atoms with van der Waals surface area (Å²) in [6, 6.07) is 2.78. The average molecular weight is 332 g/mol. The van der Waals surface area contributed by atoms with Crippen molar-refractivity contribution in [2.75, 3.05) is 6.61 Å². The number of rotatable bonds is 5. The van der Waals surface area contributed by atoms with E-state index in [4.69, 9.17) is 33.0 Å². The Kier molecular flexibility index (Phi) is 4.86. The van der Waals surface area contributed by atoms with E-state index >= 15 is 0 Å². The molecule has 0 bridgehead atoms. The zero-order valence-electron chi connectivity index (χ0n) is 10.5. The first kappa shape index (κ1) is 15.1. The quantitative estimate of drug-likeness (QED) is 0.896. The van der Waals surface area contributed by atoms with Gasteiger partial charge in [0.1, 0.15) is 5.56 Å². The second kappa shape index (κ2) is 6.43.